The van der Waals surface area contributed by atoms with Gasteiger partial charge < -0.3 is 4.98 Å². The fourth-order valence-corrected chi connectivity index (χ4v) is 2.93. The van der Waals surface area contributed by atoms with E-state index in [-0.39, 0.29) is 0 Å². The van der Waals surface area contributed by atoms with Crippen LogP contribution in [-0.2, 0) is 12.2 Å². The zero-order valence-corrected chi connectivity index (χ0v) is 11.5. The van der Waals surface area contributed by atoms with Crippen molar-refractivity contribution in [2.75, 3.05) is 5.75 Å². The summed E-state index contributed by atoms with van der Waals surface area (Å²) >= 11 is 1.92. The second-order valence-electron chi connectivity index (χ2n) is 4.49. The molecule has 96 valence electrons. The molecule has 0 aliphatic heterocycles. The van der Waals surface area contributed by atoms with Crippen LogP contribution in [0.2, 0.25) is 0 Å². The molecule has 1 heterocycles. The number of aromatic amines is 1. The Hall–Kier alpha value is -1.74. The number of aryl methyl sites for hydroxylation is 1. The summed E-state index contributed by atoms with van der Waals surface area (Å²) < 4.78 is 0. The Morgan fingerprint density at radius 3 is 2.58 bits per heavy atom. The number of fused-ring (bicyclic) bond motifs is 1. The summed E-state index contributed by atoms with van der Waals surface area (Å²) in [5.41, 5.74) is 3.59. The van der Waals surface area contributed by atoms with Crippen molar-refractivity contribution in [1.82, 2.24) is 9.97 Å². The van der Waals surface area contributed by atoms with Gasteiger partial charge in [-0.25, -0.2) is 4.98 Å². The second kappa shape index (κ2) is 5.93. The van der Waals surface area contributed by atoms with Crippen molar-refractivity contribution in [3.63, 3.8) is 0 Å². The normalized spacial score (nSPS) is 10.9. The van der Waals surface area contributed by atoms with Crippen LogP contribution in [0, 0.1) is 0 Å². The van der Waals surface area contributed by atoms with Crippen molar-refractivity contribution >= 4 is 22.8 Å². The quantitative estimate of drug-likeness (QED) is 0.707. The zero-order valence-electron chi connectivity index (χ0n) is 10.7. The van der Waals surface area contributed by atoms with Crippen LogP contribution in [0.4, 0.5) is 0 Å². The lowest BCUT2D eigenvalue weighted by Crippen LogP contribution is -1.90. The average molecular weight is 268 g/mol. The molecule has 1 aromatic heterocycles. The molecule has 0 saturated heterocycles. The predicted molar refractivity (Wildman–Crippen MR) is 82.4 cm³/mol. The van der Waals surface area contributed by atoms with Gasteiger partial charge in [-0.05, 0) is 29.9 Å². The van der Waals surface area contributed by atoms with Crippen molar-refractivity contribution in [3.8, 4) is 0 Å². The van der Waals surface area contributed by atoms with Crippen molar-refractivity contribution in [2.45, 2.75) is 12.2 Å². The number of para-hydroxylation sites is 2. The maximum Gasteiger partial charge on any atom is 0.117 e. The van der Waals surface area contributed by atoms with Crippen LogP contribution in [0.1, 0.15) is 11.4 Å². The Morgan fingerprint density at radius 1 is 0.947 bits per heavy atom. The SMILES string of the molecule is c1ccc(CCSCc2nc3ccccc3[nH]2)cc1. The van der Waals surface area contributed by atoms with Gasteiger partial charge in [0.2, 0.25) is 0 Å². The summed E-state index contributed by atoms with van der Waals surface area (Å²) in [6, 6.07) is 18.8. The highest BCUT2D eigenvalue weighted by atomic mass is 32.2. The minimum atomic E-state index is 0.946. The van der Waals surface area contributed by atoms with Gasteiger partial charge in [-0.3, -0.25) is 0 Å². The van der Waals surface area contributed by atoms with Crippen LogP contribution in [-0.4, -0.2) is 15.7 Å². The van der Waals surface area contributed by atoms with Gasteiger partial charge in [-0.15, -0.1) is 0 Å². The molecule has 3 heteroatoms. The number of rotatable bonds is 5. The maximum absolute atomic E-state index is 4.58. The van der Waals surface area contributed by atoms with E-state index in [2.05, 4.69) is 46.4 Å². The molecule has 0 aliphatic carbocycles. The van der Waals surface area contributed by atoms with Crippen molar-refractivity contribution < 1.29 is 0 Å². The first-order chi connectivity index (χ1) is 9.42. The molecule has 0 unspecified atom stereocenters. The molecular formula is C16H16N2S. The van der Waals surface area contributed by atoms with Gasteiger partial charge in [-0.2, -0.15) is 11.8 Å². The van der Waals surface area contributed by atoms with Gasteiger partial charge in [0.25, 0.3) is 0 Å². The van der Waals surface area contributed by atoms with Crippen LogP contribution in [0.5, 0.6) is 0 Å². The molecule has 1 N–H and O–H groups in total. The predicted octanol–water partition coefficient (Wildman–Crippen LogP) is 4.04. The van der Waals surface area contributed by atoms with Crippen molar-refractivity contribution in [1.29, 1.82) is 0 Å². The first-order valence-corrected chi connectivity index (χ1v) is 7.62. The summed E-state index contributed by atoms with van der Waals surface area (Å²) in [5.74, 6) is 3.14. The fourth-order valence-electron chi connectivity index (χ4n) is 2.08. The van der Waals surface area contributed by atoms with E-state index in [9.17, 15) is 0 Å². The number of imidazole rings is 1. The number of aromatic nitrogens is 2. The number of hydrogen-bond donors (Lipinski definition) is 1. The molecule has 0 atom stereocenters. The monoisotopic (exact) mass is 268 g/mol. The van der Waals surface area contributed by atoms with Crippen LogP contribution in [0.15, 0.2) is 54.6 Å². The molecule has 0 spiro atoms. The highest BCUT2D eigenvalue weighted by Crippen LogP contribution is 2.16. The third-order valence-corrected chi connectivity index (χ3v) is 4.03. The third-order valence-electron chi connectivity index (χ3n) is 3.06. The molecule has 2 aromatic carbocycles. The third kappa shape index (κ3) is 3.18. The molecule has 0 aliphatic rings. The Labute approximate surface area is 117 Å². The summed E-state index contributed by atoms with van der Waals surface area (Å²) in [6.45, 7) is 0. The van der Waals surface area contributed by atoms with E-state index in [0.29, 0.717) is 0 Å². The first kappa shape index (κ1) is 12.3. The lowest BCUT2D eigenvalue weighted by atomic mass is 10.2. The van der Waals surface area contributed by atoms with Gasteiger partial charge in [0.15, 0.2) is 0 Å². The summed E-state index contributed by atoms with van der Waals surface area (Å²) in [7, 11) is 0. The van der Waals surface area contributed by atoms with Crippen molar-refractivity contribution in [2.24, 2.45) is 0 Å². The largest absolute Gasteiger partial charge is 0.341 e. The maximum atomic E-state index is 4.58. The number of nitrogens with one attached hydrogen (secondary N) is 1. The van der Waals surface area contributed by atoms with Gasteiger partial charge in [0.1, 0.15) is 5.82 Å². The van der Waals surface area contributed by atoms with Gasteiger partial charge in [0.05, 0.1) is 16.8 Å². The number of thioether (sulfide) groups is 1. The van der Waals surface area contributed by atoms with Gasteiger partial charge in [0, 0.05) is 0 Å². The van der Waals surface area contributed by atoms with Crippen molar-refractivity contribution in [3.05, 3.63) is 66.0 Å². The summed E-state index contributed by atoms with van der Waals surface area (Å²) in [4.78, 5) is 7.94. The number of nitrogens with zero attached hydrogens (tertiary/aromatic N) is 1. The Balaban J connectivity index is 1.52. The Morgan fingerprint density at radius 2 is 1.74 bits per heavy atom. The van der Waals surface area contributed by atoms with E-state index >= 15 is 0 Å². The molecule has 0 radical (unpaired) electrons. The molecule has 3 aromatic rings. The number of H-pyrrole nitrogens is 1. The van der Waals surface area contributed by atoms with E-state index in [0.717, 1.165) is 34.8 Å². The molecule has 19 heavy (non-hydrogen) atoms. The average Bonchev–Trinajstić information content (AvgIpc) is 2.87. The van der Waals surface area contributed by atoms with Crippen LogP contribution >= 0.6 is 11.8 Å². The van der Waals surface area contributed by atoms with Crippen LogP contribution < -0.4 is 0 Å². The van der Waals surface area contributed by atoms with E-state index in [1.807, 2.05) is 30.0 Å². The van der Waals surface area contributed by atoms with Gasteiger partial charge in [-0.1, -0.05) is 42.5 Å². The highest BCUT2D eigenvalue weighted by Gasteiger charge is 2.01. The minimum absolute atomic E-state index is 0.946. The standard InChI is InChI=1S/C16H16N2S/c1-2-6-13(7-3-1)10-11-19-12-16-17-14-8-4-5-9-15(14)18-16/h1-9H,10-12H2,(H,17,18). The lowest BCUT2D eigenvalue weighted by Gasteiger charge is -2.00. The Kier molecular flexibility index (Phi) is 3.84. The van der Waals surface area contributed by atoms with E-state index in [1.165, 1.54) is 5.56 Å². The summed E-state index contributed by atoms with van der Waals surface area (Å²) in [6.07, 6.45) is 1.12. The molecule has 2 nitrogen and oxygen atoms in total. The van der Waals surface area contributed by atoms with E-state index in [1.54, 1.807) is 0 Å². The van der Waals surface area contributed by atoms with E-state index in [4.69, 9.17) is 0 Å². The number of hydrogen-bond acceptors (Lipinski definition) is 2. The first-order valence-electron chi connectivity index (χ1n) is 6.47. The Bertz CT molecular complexity index is 613. The lowest BCUT2D eigenvalue weighted by molar-refractivity contribution is 1.12. The fraction of sp³-hybridized carbons (Fsp3) is 0.188. The molecule has 0 saturated carbocycles. The topological polar surface area (TPSA) is 28.7 Å². The second-order valence-corrected chi connectivity index (χ2v) is 5.59. The minimum Gasteiger partial charge on any atom is -0.341 e. The van der Waals surface area contributed by atoms with Gasteiger partial charge >= 0.3 is 0 Å². The molecular weight excluding hydrogens is 252 g/mol. The molecule has 3 rings (SSSR count). The highest BCUT2D eigenvalue weighted by molar-refractivity contribution is 7.98. The number of benzene rings is 2. The van der Waals surface area contributed by atoms with Crippen LogP contribution in [0.3, 0.4) is 0 Å². The zero-order chi connectivity index (χ0) is 12.9. The molecule has 0 amide bonds. The molecule has 0 bridgehead atoms. The summed E-state index contributed by atoms with van der Waals surface area (Å²) in [5, 5.41) is 0. The van der Waals surface area contributed by atoms with E-state index < -0.39 is 0 Å². The smallest absolute Gasteiger partial charge is 0.117 e. The van der Waals surface area contributed by atoms with Crippen LogP contribution in [0.25, 0.3) is 11.0 Å². The molecule has 0 fully saturated rings.